The molecule has 1 aliphatic rings. The van der Waals surface area contributed by atoms with Crippen LogP contribution in [0.5, 0.6) is 0 Å². The van der Waals surface area contributed by atoms with Gasteiger partial charge in [-0.05, 0) is 18.0 Å². The minimum absolute atomic E-state index is 0.434. The van der Waals surface area contributed by atoms with Crippen LogP contribution in [0.4, 0.5) is 0 Å². The van der Waals surface area contributed by atoms with E-state index in [-0.39, 0.29) is 0 Å². The van der Waals surface area contributed by atoms with Gasteiger partial charge in [-0.15, -0.1) is 0 Å². The second-order valence-electron chi connectivity index (χ2n) is 2.55. The van der Waals surface area contributed by atoms with Gasteiger partial charge in [0, 0.05) is 17.5 Å². The molecule has 1 aromatic carbocycles. The summed E-state index contributed by atoms with van der Waals surface area (Å²) >= 11 is 1.58. The van der Waals surface area contributed by atoms with Crippen LogP contribution in [0.2, 0.25) is 0 Å². The Labute approximate surface area is 70.0 Å². The minimum atomic E-state index is -0.434. The molecule has 2 nitrogen and oxygen atoms in total. The fraction of sp³-hybridized carbons (Fsp3) is 0.250. The van der Waals surface area contributed by atoms with Crippen LogP contribution in [0.3, 0.4) is 0 Å². The van der Waals surface area contributed by atoms with Crippen LogP contribution in [0, 0.1) is 0 Å². The van der Waals surface area contributed by atoms with E-state index in [2.05, 4.69) is 0 Å². The molecule has 0 fully saturated rings. The van der Waals surface area contributed by atoms with Crippen molar-refractivity contribution >= 4 is 11.9 Å². The van der Waals surface area contributed by atoms with Crippen molar-refractivity contribution in [3.63, 3.8) is 0 Å². The Kier molecular flexibility index (Phi) is 1.64. The maximum absolute atomic E-state index is 9.55. The maximum Gasteiger partial charge on any atom is 0.143 e. The Hall–Kier alpha value is -0.510. The van der Waals surface area contributed by atoms with E-state index < -0.39 is 6.23 Å². The second-order valence-corrected chi connectivity index (χ2v) is 3.75. The molecular formula is C8H9NOS. The maximum atomic E-state index is 9.55. The standard InChI is InChI=1S/C8H9NOS/c1-9-8(10)6-4-2-3-5-7(6)11-9/h2-5,8,10H,1H3. The zero-order valence-electron chi connectivity index (χ0n) is 6.19. The van der Waals surface area contributed by atoms with Crippen molar-refractivity contribution < 1.29 is 5.11 Å². The third kappa shape index (κ3) is 1.05. The molecule has 0 saturated carbocycles. The van der Waals surface area contributed by atoms with E-state index in [9.17, 15) is 5.11 Å². The molecule has 1 N–H and O–H groups in total. The molecular weight excluding hydrogens is 158 g/mol. The van der Waals surface area contributed by atoms with Gasteiger partial charge < -0.3 is 5.11 Å². The SMILES string of the molecule is CN1Sc2ccccc2C1O. The first kappa shape index (κ1) is 7.16. The summed E-state index contributed by atoms with van der Waals surface area (Å²) in [5, 5.41) is 9.55. The van der Waals surface area contributed by atoms with Crippen LogP contribution >= 0.6 is 11.9 Å². The molecule has 1 unspecified atom stereocenters. The van der Waals surface area contributed by atoms with E-state index in [4.69, 9.17) is 0 Å². The van der Waals surface area contributed by atoms with Gasteiger partial charge >= 0.3 is 0 Å². The quantitative estimate of drug-likeness (QED) is 0.594. The van der Waals surface area contributed by atoms with Gasteiger partial charge in [-0.2, -0.15) is 0 Å². The fourth-order valence-electron chi connectivity index (χ4n) is 1.18. The third-order valence-corrected chi connectivity index (χ3v) is 2.84. The first-order chi connectivity index (χ1) is 5.29. The van der Waals surface area contributed by atoms with Gasteiger partial charge in [0.05, 0.1) is 0 Å². The summed E-state index contributed by atoms with van der Waals surface area (Å²) in [7, 11) is 1.88. The lowest BCUT2D eigenvalue weighted by atomic mass is 10.2. The number of benzene rings is 1. The normalized spacial score (nSPS) is 23.6. The van der Waals surface area contributed by atoms with Crippen molar-refractivity contribution in [2.75, 3.05) is 7.05 Å². The molecule has 11 heavy (non-hydrogen) atoms. The van der Waals surface area contributed by atoms with Gasteiger partial charge in [-0.1, -0.05) is 18.2 Å². The number of fused-ring (bicyclic) bond motifs is 1. The first-order valence-corrected chi connectivity index (χ1v) is 4.24. The number of rotatable bonds is 0. The summed E-state index contributed by atoms with van der Waals surface area (Å²) in [4.78, 5) is 1.16. The molecule has 0 amide bonds. The summed E-state index contributed by atoms with van der Waals surface area (Å²) in [5.74, 6) is 0. The van der Waals surface area contributed by atoms with Gasteiger partial charge in [-0.25, -0.2) is 4.31 Å². The van der Waals surface area contributed by atoms with E-state index in [1.54, 1.807) is 11.9 Å². The fourth-order valence-corrected chi connectivity index (χ4v) is 2.12. The molecule has 1 aromatic rings. The van der Waals surface area contributed by atoms with Crippen LogP contribution in [0.15, 0.2) is 29.2 Å². The highest BCUT2D eigenvalue weighted by Crippen LogP contribution is 2.40. The smallest absolute Gasteiger partial charge is 0.143 e. The second kappa shape index (κ2) is 2.52. The van der Waals surface area contributed by atoms with Crippen molar-refractivity contribution in [3.05, 3.63) is 29.8 Å². The Balaban J connectivity index is 2.47. The summed E-state index contributed by atoms with van der Waals surface area (Å²) in [6.45, 7) is 0. The molecule has 1 heterocycles. The van der Waals surface area contributed by atoms with Crippen LogP contribution in [0.1, 0.15) is 11.8 Å². The van der Waals surface area contributed by atoms with E-state index in [1.807, 2.05) is 35.6 Å². The molecule has 0 bridgehead atoms. The van der Waals surface area contributed by atoms with Crippen LogP contribution in [-0.4, -0.2) is 16.5 Å². The van der Waals surface area contributed by atoms with Crippen molar-refractivity contribution in [3.8, 4) is 0 Å². The average Bonchev–Trinajstić information content (AvgIpc) is 2.30. The minimum Gasteiger partial charge on any atom is -0.373 e. The molecule has 1 aliphatic heterocycles. The molecule has 0 aromatic heterocycles. The zero-order valence-corrected chi connectivity index (χ0v) is 7.01. The lowest BCUT2D eigenvalue weighted by molar-refractivity contribution is 0.0906. The Morgan fingerprint density at radius 3 is 2.91 bits per heavy atom. The molecule has 2 rings (SSSR count). The molecule has 0 spiro atoms. The number of hydrogen-bond acceptors (Lipinski definition) is 3. The lowest BCUT2D eigenvalue weighted by Crippen LogP contribution is -2.10. The molecule has 0 saturated heterocycles. The number of aliphatic hydroxyl groups excluding tert-OH is 1. The van der Waals surface area contributed by atoms with Crippen molar-refractivity contribution in [1.82, 2.24) is 4.31 Å². The number of nitrogens with zero attached hydrogens (tertiary/aromatic N) is 1. The first-order valence-electron chi connectivity index (χ1n) is 3.47. The Morgan fingerprint density at radius 1 is 1.45 bits per heavy atom. The largest absolute Gasteiger partial charge is 0.373 e. The molecule has 58 valence electrons. The van der Waals surface area contributed by atoms with Gasteiger partial charge in [0.25, 0.3) is 0 Å². The highest BCUT2D eigenvalue weighted by molar-refractivity contribution is 7.97. The molecule has 1 atom stereocenters. The van der Waals surface area contributed by atoms with Crippen molar-refractivity contribution in [2.24, 2.45) is 0 Å². The monoisotopic (exact) mass is 167 g/mol. The van der Waals surface area contributed by atoms with E-state index in [1.165, 1.54) is 0 Å². The number of aliphatic hydroxyl groups is 1. The molecule has 0 aliphatic carbocycles. The molecule has 0 radical (unpaired) electrons. The van der Waals surface area contributed by atoms with Crippen LogP contribution in [-0.2, 0) is 0 Å². The summed E-state index contributed by atoms with van der Waals surface area (Å²) in [6, 6.07) is 7.91. The highest BCUT2D eigenvalue weighted by atomic mass is 32.2. The topological polar surface area (TPSA) is 23.5 Å². The van der Waals surface area contributed by atoms with E-state index in [0.717, 1.165) is 10.5 Å². The van der Waals surface area contributed by atoms with Crippen LogP contribution in [0.25, 0.3) is 0 Å². The predicted molar refractivity (Wildman–Crippen MR) is 45.0 cm³/mol. The summed E-state index contributed by atoms with van der Waals surface area (Å²) in [6.07, 6.45) is -0.434. The van der Waals surface area contributed by atoms with Gasteiger partial charge in [-0.3, -0.25) is 0 Å². The third-order valence-electron chi connectivity index (χ3n) is 1.78. The summed E-state index contributed by atoms with van der Waals surface area (Å²) < 4.78 is 1.84. The van der Waals surface area contributed by atoms with Gasteiger partial charge in [0.1, 0.15) is 6.23 Å². The highest BCUT2D eigenvalue weighted by Gasteiger charge is 2.25. The van der Waals surface area contributed by atoms with Gasteiger partial charge in [0.2, 0.25) is 0 Å². The Bertz CT molecular complexity index is 277. The predicted octanol–water partition coefficient (Wildman–Crippen LogP) is 1.63. The number of hydrogen-bond donors (Lipinski definition) is 1. The zero-order chi connectivity index (χ0) is 7.84. The van der Waals surface area contributed by atoms with E-state index >= 15 is 0 Å². The lowest BCUT2D eigenvalue weighted by Gasteiger charge is -2.10. The molecule has 3 heteroatoms. The summed E-state index contributed by atoms with van der Waals surface area (Å²) in [5.41, 5.74) is 1.01. The van der Waals surface area contributed by atoms with Crippen LogP contribution < -0.4 is 0 Å². The van der Waals surface area contributed by atoms with Crippen molar-refractivity contribution in [2.45, 2.75) is 11.1 Å². The Morgan fingerprint density at radius 2 is 2.18 bits per heavy atom. The van der Waals surface area contributed by atoms with E-state index in [0.29, 0.717) is 0 Å². The average molecular weight is 167 g/mol. The van der Waals surface area contributed by atoms with Gasteiger partial charge in [0.15, 0.2) is 0 Å². The van der Waals surface area contributed by atoms with Crippen molar-refractivity contribution in [1.29, 1.82) is 0 Å².